The van der Waals surface area contributed by atoms with Crippen LogP contribution in [0.4, 0.5) is 0 Å². The summed E-state index contributed by atoms with van der Waals surface area (Å²) in [4.78, 5) is 23.6. The van der Waals surface area contributed by atoms with Crippen LogP contribution in [0.15, 0.2) is 18.2 Å². The van der Waals surface area contributed by atoms with Crippen LogP contribution >= 0.6 is 11.6 Å². The number of carboxylic acids is 1. The molecule has 23 heavy (non-hydrogen) atoms. The molecule has 0 radical (unpaired) electrons. The number of carbonyl (C=O) groups is 2. The summed E-state index contributed by atoms with van der Waals surface area (Å²) < 4.78 is 5.27. The van der Waals surface area contributed by atoms with Crippen LogP contribution in [0.25, 0.3) is 0 Å². The minimum absolute atomic E-state index is 0.168. The highest BCUT2D eigenvalue weighted by Crippen LogP contribution is 2.30. The number of carbonyl (C=O) groups excluding carboxylic acids is 1. The van der Waals surface area contributed by atoms with Gasteiger partial charge in [-0.15, -0.1) is 0 Å². The average Bonchev–Trinajstić information content (AvgIpc) is 2.55. The van der Waals surface area contributed by atoms with Crippen molar-refractivity contribution in [1.29, 1.82) is 0 Å². The summed E-state index contributed by atoms with van der Waals surface area (Å²) in [6.45, 7) is 0.429. The van der Waals surface area contributed by atoms with Crippen LogP contribution in [-0.2, 0) is 16.0 Å². The zero-order valence-electron chi connectivity index (χ0n) is 13.2. The molecule has 1 aliphatic carbocycles. The topological polar surface area (TPSA) is 75.6 Å². The van der Waals surface area contributed by atoms with E-state index in [4.69, 9.17) is 16.3 Å². The highest BCUT2D eigenvalue weighted by Gasteiger charge is 2.35. The molecule has 1 saturated carbocycles. The highest BCUT2D eigenvalue weighted by atomic mass is 35.5. The second-order valence-corrected chi connectivity index (χ2v) is 6.27. The molecule has 0 saturated heterocycles. The molecular formula is C17H22ClNO4. The van der Waals surface area contributed by atoms with Crippen molar-refractivity contribution in [3.63, 3.8) is 0 Å². The largest absolute Gasteiger partial charge is 0.496 e. The molecule has 126 valence electrons. The fourth-order valence-corrected chi connectivity index (χ4v) is 3.33. The van der Waals surface area contributed by atoms with E-state index in [0.717, 1.165) is 24.2 Å². The van der Waals surface area contributed by atoms with Gasteiger partial charge in [0.1, 0.15) is 5.75 Å². The maximum absolute atomic E-state index is 12.3. The van der Waals surface area contributed by atoms with Gasteiger partial charge in [0.25, 0.3) is 0 Å². The van der Waals surface area contributed by atoms with Gasteiger partial charge in [0.05, 0.1) is 18.9 Å². The Labute approximate surface area is 141 Å². The van der Waals surface area contributed by atoms with E-state index in [0.29, 0.717) is 30.8 Å². The van der Waals surface area contributed by atoms with Crippen molar-refractivity contribution in [2.24, 2.45) is 11.8 Å². The number of hydrogen-bond acceptors (Lipinski definition) is 3. The monoisotopic (exact) mass is 339 g/mol. The van der Waals surface area contributed by atoms with Gasteiger partial charge in [-0.2, -0.15) is 0 Å². The number of methoxy groups -OCH3 is 1. The van der Waals surface area contributed by atoms with E-state index in [1.54, 1.807) is 19.2 Å². The molecule has 5 nitrogen and oxygen atoms in total. The lowest BCUT2D eigenvalue weighted by atomic mass is 9.78. The lowest BCUT2D eigenvalue weighted by Crippen LogP contribution is -2.40. The molecule has 6 heteroatoms. The van der Waals surface area contributed by atoms with Gasteiger partial charge in [-0.3, -0.25) is 9.59 Å². The Morgan fingerprint density at radius 3 is 2.65 bits per heavy atom. The molecule has 1 amide bonds. The number of carboxylic acid groups (broad SMARTS) is 1. The summed E-state index contributed by atoms with van der Waals surface area (Å²) >= 11 is 5.98. The third-order valence-electron chi connectivity index (χ3n) is 4.36. The molecule has 1 fully saturated rings. The van der Waals surface area contributed by atoms with Gasteiger partial charge >= 0.3 is 5.97 Å². The Balaban J connectivity index is 1.91. The van der Waals surface area contributed by atoms with E-state index < -0.39 is 17.8 Å². The molecule has 0 aromatic heterocycles. The first kappa shape index (κ1) is 17.6. The van der Waals surface area contributed by atoms with Crippen LogP contribution in [0.5, 0.6) is 5.75 Å². The number of ether oxygens (including phenoxy) is 1. The van der Waals surface area contributed by atoms with Crippen LogP contribution in [0.3, 0.4) is 0 Å². The first-order valence-electron chi connectivity index (χ1n) is 7.86. The molecule has 2 unspecified atom stereocenters. The van der Waals surface area contributed by atoms with Gasteiger partial charge in [0, 0.05) is 11.6 Å². The van der Waals surface area contributed by atoms with E-state index in [1.165, 1.54) is 0 Å². The smallest absolute Gasteiger partial charge is 0.307 e. The van der Waals surface area contributed by atoms with E-state index >= 15 is 0 Å². The fourth-order valence-electron chi connectivity index (χ4n) is 3.13. The fraction of sp³-hybridized carbons (Fsp3) is 0.529. The molecule has 1 aromatic rings. The first-order chi connectivity index (χ1) is 11.0. The minimum atomic E-state index is -0.874. The summed E-state index contributed by atoms with van der Waals surface area (Å²) in [5.41, 5.74) is 0.915. The van der Waals surface area contributed by atoms with Crippen molar-refractivity contribution < 1.29 is 19.4 Å². The van der Waals surface area contributed by atoms with Crippen molar-refractivity contribution in [3.8, 4) is 5.75 Å². The molecule has 2 atom stereocenters. The predicted octanol–water partition coefficient (Wildman–Crippen LogP) is 2.90. The molecular weight excluding hydrogens is 318 g/mol. The number of nitrogens with one attached hydrogen (secondary N) is 1. The predicted molar refractivity (Wildman–Crippen MR) is 87.8 cm³/mol. The zero-order chi connectivity index (χ0) is 16.8. The van der Waals surface area contributed by atoms with Gasteiger partial charge in [0.2, 0.25) is 5.91 Å². The van der Waals surface area contributed by atoms with Crippen molar-refractivity contribution in [2.45, 2.75) is 32.1 Å². The molecule has 0 heterocycles. The summed E-state index contributed by atoms with van der Waals surface area (Å²) in [5, 5.41) is 12.7. The average molecular weight is 340 g/mol. The number of halogens is 1. The summed E-state index contributed by atoms with van der Waals surface area (Å²) in [5.74, 6) is -1.31. The van der Waals surface area contributed by atoms with Crippen LogP contribution in [0, 0.1) is 11.8 Å². The lowest BCUT2D eigenvalue weighted by molar-refractivity contribution is -0.148. The molecule has 0 spiro atoms. The SMILES string of the molecule is COc1ccc(Cl)cc1CCNC(=O)C1CCCCC1C(=O)O. The van der Waals surface area contributed by atoms with Gasteiger partial charge in [-0.1, -0.05) is 24.4 Å². The second kappa shape index (κ2) is 8.20. The van der Waals surface area contributed by atoms with E-state index in [-0.39, 0.29) is 5.91 Å². The summed E-state index contributed by atoms with van der Waals surface area (Å²) in [7, 11) is 1.59. The number of rotatable bonds is 6. The molecule has 1 aliphatic rings. The number of benzene rings is 1. The second-order valence-electron chi connectivity index (χ2n) is 5.83. The van der Waals surface area contributed by atoms with E-state index in [9.17, 15) is 14.7 Å². The maximum atomic E-state index is 12.3. The lowest BCUT2D eigenvalue weighted by Gasteiger charge is -2.27. The Hall–Kier alpha value is -1.75. The van der Waals surface area contributed by atoms with Gasteiger partial charge in [-0.25, -0.2) is 0 Å². The number of aliphatic carboxylic acids is 1. The third kappa shape index (κ3) is 4.61. The van der Waals surface area contributed by atoms with Gasteiger partial charge in [-0.05, 0) is 43.0 Å². The molecule has 0 bridgehead atoms. The van der Waals surface area contributed by atoms with Crippen molar-refractivity contribution in [2.75, 3.05) is 13.7 Å². The summed E-state index contributed by atoms with van der Waals surface area (Å²) in [6.07, 6.45) is 3.59. The quantitative estimate of drug-likeness (QED) is 0.835. The van der Waals surface area contributed by atoms with E-state index in [2.05, 4.69) is 5.32 Å². The Bertz CT molecular complexity index is 576. The molecule has 1 aromatic carbocycles. The van der Waals surface area contributed by atoms with E-state index in [1.807, 2.05) is 6.07 Å². The molecule has 2 N–H and O–H groups in total. The summed E-state index contributed by atoms with van der Waals surface area (Å²) in [6, 6.07) is 5.36. The number of hydrogen-bond donors (Lipinski definition) is 2. The third-order valence-corrected chi connectivity index (χ3v) is 4.59. The van der Waals surface area contributed by atoms with Crippen LogP contribution < -0.4 is 10.1 Å². The van der Waals surface area contributed by atoms with Crippen LogP contribution in [0.2, 0.25) is 5.02 Å². The van der Waals surface area contributed by atoms with Gasteiger partial charge in [0.15, 0.2) is 0 Å². The molecule has 2 rings (SSSR count). The highest BCUT2D eigenvalue weighted by molar-refractivity contribution is 6.30. The Morgan fingerprint density at radius 2 is 2.00 bits per heavy atom. The zero-order valence-corrected chi connectivity index (χ0v) is 13.9. The number of amides is 1. The first-order valence-corrected chi connectivity index (χ1v) is 8.23. The van der Waals surface area contributed by atoms with Gasteiger partial charge < -0.3 is 15.2 Å². The Kier molecular flexibility index (Phi) is 6.28. The van der Waals surface area contributed by atoms with Crippen molar-refractivity contribution in [1.82, 2.24) is 5.32 Å². The Morgan fingerprint density at radius 1 is 1.30 bits per heavy atom. The van der Waals surface area contributed by atoms with Crippen molar-refractivity contribution >= 4 is 23.5 Å². The molecule has 0 aliphatic heterocycles. The maximum Gasteiger partial charge on any atom is 0.307 e. The minimum Gasteiger partial charge on any atom is -0.496 e. The van der Waals surface area contributed by atoms with Crippen molar-refractivity contribution in [3.05, 3.63) is 28.8 Å². The normalized spacial score (nSPS) is 20.8. The standard InChI is InChI=1S/C17H22ClNO4/c1-23-15-7-6-12(18)10-11(15)8-9-19-16(20)13-4-2-3-5-14(13)17(21)22/h6-7,10,13-14H,2-5,8-9H2,1H3,(H,19,20)(H,21,22). The van der Waals surface area contributed by atoms with Crippen LogP contribution in [-0.4, -0.2) is 30.6 Å². The van der Waals surface area contributed by atoms with Crippen LogP contribution in [0.1, 0.15) is 31.2 Å².